The number of nitrogens with one attached hydrogen (secondary N) is 4. The number of halogens is 2. The number of hydrogen-bond acceptors (Lipinski definition) is 9. The minimum atomic E-state index is -0.582. The zero-order chi connectivity index (χ0) is 47.3. The Hall–Kier alpha value is -6.02. The third kappa shape index (κ3) is 16.1. The highest BCUT2D eigenvalue weighted by molar-refractivity contribution is 14.1. The van der Waals surface area contributed by atoms with Crippen molar-refractivity contribution in [1.29, 1.82) is 0 Å². The molecule has 0 radical (unpaired) electrons. The zero-order valence-corrected chi connectivity index (χ0v) is 39.5. The molecule has 0 spiro atoms. The van der Waals surface area contributed by atoms with Crippen LogP contribution < -0.4 is 46.4 Å². The maximum atomic E-state index is 14.5. The quantitative estimate of drug-likeness (QED) is 0.0571. The largest absolute Gasteiger partial charge is 0.494 e. The molecule has 6 N–H and O–H groups in total. The average Bonchev–Trinajstić information content (AvgIpc) is 3.30. The summed E-state index contributed by atoms with van der Waals surface area (Å²) in [5.74, 6) is 12.3. The summed E-state index contributed by atoms with van der Waals surface area (Å²) in [5, 5.41) is 10.1. The van der Waals surface area contributed by atoms with Crippen molar-refractivity contribution >= 4 is 75.5 Å². The smallest absolute Gasteiger partial charge is 0.328 e. The molecule has 350 valence electrons. The Bertz CT molecular complexity index is 2290. The van der Waals surface area contributed by atoms with Gasteiger partial charge in [-0.3, -0.25) is 45.0 Å². The lowest BCUT2D eigenvalue weighted by molar-refractivity contribution is -0.121. The molecule has 0 bridgehead atoms. The van der Waals surface area contributed by atoms with E-state index < -0.39 is 11.8 Å². The van der Waals surface area contributed by atoms with Gasteiger partial charge in [0.25, 0.3) is 0 Å². The van der Waals surface area contributed by atoms with E-state index in [0.717, 1.165) is 98.1 Å². The topological polar surface area (TPSA) is 196 Å². The Kier molecular flexibility index (Phi) is 20.7. The van der Waals surface area contributed by atoms with Crippen LogP contribution >= 0.6 is 22.6 Å². The molecule has 3 aromatic rings. The van der Waals surface area contributed by atoms with E-state index >= 15 is 0 Å². The first-order chi connectivity index (χ1) is 31.9. The minimum Gasteiger partial charge on any atom is -0.494 e. The van der Waals surface area contributed by atoms with Gasteiger partial charge in [-0.15, -0.1) is 0 Å². The number of rotatable bonds is 12. The minimum absolute atomic E-state index is 0.169. The van der Waals surface area contributed by atoms with Crippen molar-refractivity contribution in [2.24, 2.45) is 11.7 Å². The maximum Gasteiger partial charge on any atom is 0.328 e. The predicted molar refractivity (Wildman–Crippen MR) is 261 cm³/mol. The molecule has 0 aromatic heterocycles. The van der Waals surface area contributed by atoms with E-state index in [2.05, 4.69) is 67.5 Å². The van der Waals surface area contributed by atoms with Gasteiger partial charge in [-0.05, 0) is 113 Å². The number of imide groups is 3. The van der Waals surface area contributed by atoms with Gasteiger partial charge in [0.1, 0.15) is 11.6 Å². The lowest BCUT2D eigenvalue weighted by Crippen LogP contribution is -2.50. The van der Waals surface area contributed by atoms with Crippen LogP contribution in [0.4, 0.5) is 35.8 Å². The molecule has 0 atom stereocenters. The van der Waals surface area contributed by atoms with E-state index in [-0.39, 0.29) is 48.4 Å². The highest BCUT2D eigenvalue weighted by Gasteiger charge is 2.28. The fourth-order valence-electron chi connectivity index (χ4n) is 7.28. The van der Waals surface area contributed by atoms with E-state index in [1.54, 1.807) is 22.8 Å². The monoisotopic (exact) mass is 1020 g/mol. The van der Waals surface area contributed by atoms with Crippen molar-refractivity contribution in [2.45, 2.75) is 77.6 Å². The van der Waals surface area contributed by atoms with Gasteiger partial charge in [-0.1, -0.05) is 65.2 Å². The number of carbonyl (C=O) groups is 6. The molecule has 17 heteroatoms. The number of ether oxygens (including phenoxy) is 1. The Balaban J connectivity index is 0.000000186. The summed E-state index contributed by atoms with van der Waals surface area (Å²) in [6, 6.07) is 16.7. The van der Waals surface area contributed by atoms with Crippen LogP contribution in [0.1, 0.15) is 87.3 Å². The van der Waals surface area contributed by atoms with Gasteiger partial charge in [0, 0.05) is 84.2 Å². The van der Waals surface area contributed by atoms with Gasteiger partial charge in [0.05, 0.1) is 12.3 Å². The van der Waals surface area contributed by atoms with Crippen molar-refractivity contribution in [3.05, 3.63) is 83.2 Å². The standard InChI is InChI=1S/C18H20FN3O2.C16H23N3O3.C15H15IN2O2/c1-12-10-14(3-2-13-4-7-20-8-5-13)11-15(19)17(12)22-9-6-16(23)21-18(22)24;17-9-3-1-2-4-11-22-14-7-5-6-13(12-14)19-10-8-15(20)18-16(19)21;16-10-3-1-2-4-12-5-7-13(8-6-12)18-11-9-14(19)17-15(18)20/h10-11,13,20H,4-9H2,1H3,(H,21,23,24);5-7,12H,1-4,8-11,17H2,(H,18,20,21);5-8H,1,3,9-11H2,(H,17,19,20). The molecule has 0 unspecified atom stereocenters. The van der Waals surface area contributed by atoms with Gasteiger partial charge in [-0.25, -0.2) is 18.8 Å². The van der Waals surface area contributed by atoms with E-state index in [9.17, 15) is 33.2 Å². The lowest BCUT2D eigenvalue weighted by Gasteiger charge is -2.28. The number of carbonyl (C=O) groups excluding carboxylic acids is 6. The molecule has 7 rings (SSSR count). The molecule has 15 nitrogen and oxygen atoms in total. The van der Waals surface area contributed by atoms with Crippen LogP contribution in [0.25, 0.3) is 0 Å². The Labute approximate surface area is 399 Å². The molecule has 66 heavy (non-hydrogen) atoms. The van der Waals surface area contributed by atoms with Gasteiger partial charge in [0.15, 0.2) is 0 Å². The number of anilines is 3. The molecule has 4 fully saturated rings. The summed E-state index contributed by atoms with van der Waals surface area (Å²) in [7, 11) is 0. The lowest BCUT2D eigenvalue weighted by atomic mass is 9.98. The highest BCUT2D eigenvalue weighted by Crippen LogP contribution is 2.28. The molecule has 4 aliphatic heterocycles. The molecule has 4 aliphatic rings. The number of amides is 9. The van der Waals surface area contributed by atoms with Crippen LogP contribution in [0.15, 0.2) is 60.7 Å². The second-order valence-corrected chi connectivity index (χ2v) is 17.0. The summed E-state index contributed by atoms with van der Waals surface area (Å²) in [6.07, 6.45) is 9.12. The van der Waals surface area contributed by atoms with Crippen LogP contribution in [-0.2, 0) is 14.4 Å². The molecule has 0 saturated carbocycles. The number of nitrogens with zero attached hydrogens (tertiary/aromatic N) is 3. The van der Waals surface area contributed by atoms with Crippen molar-refractivity contribution in [2.75, 3.05) is 65.0 Å². The normalized spacial score (nSPS) is 16.2. The zero-order valence-electron chi connectivity index (χ0n) is 37.3. The first-order valence-corrected chi connectivity index (χ1v) is 23.9. The SMILES string of the molecule is Cc1cc(C#CC2CCNCC2)cc(F)c1N1CCC(=O)NC1=O.NCCCCCCOc1cccc(N2CCC(=O)NC2=O)c1.O=C1CCN(c2ccc(C#CCCCI)cc2)C(=O)N1. The number of hydrogen-bond donors (Lipinski definition) is 5. The van der Waals surface area contributed by atoms with Crippen LogP contribution in [-0.4, -0.2) is 86.1 Å². The molecule has 9 amide bonds. The fourth-order valence-corrected chi connectivity index (χ4v) is 7.66. The number of alkyl halides is 1. The number of unbranched alkanes of at least 4 members (excludes halogenated alkanes) is 4. The summed E-state index contributed by atoms with van der Waals surface area (Å²) >= 11 is 2.34. The second kappa shape index (κ2) is 26.8. The van der Waals surface area contributed by atoms with E-state index in [4.69, 9.17) is 10.5 Å². The molecule has 3 aromatic carbocycles. The van der Waals surface area contributed by atoms with Gasteiger partial charge < -0.3 is 15.8 Å². The first-order valence-electron chi connectivity index (χ1n) is 22.4. The number of benzene rings is 3. The van der Waals surface area contributed by atoms with Crippen LogP contribution in [0.2, 0.25) is 0 Å². The average molecular weight is 1020 g/mol. The third-order valence-corrected chi connectivity index (χ3v) is 11.6. The van der Waals surface area contributed by atoms with Crippen LogP contribution in [0, 0.1) is 42.3 Å². The molecule has 4 heterocycles. The molecule has 0 aliphatic carbocycles. The predicted octanol–water partition coefficient (Wildman–Crippen LogP) is 6.66. The summed E-state index contributed by atoms with van der Waals surface area (Å²) in [6.45, 7) is 6.07. The number of urea groups is 3. The van der Waals surface area contributed by atoms with Crippen molar-refractivity contribution < 1.29 is 37.9 Å². The van der Waals surface area contributed by atoms with Gasteiger partial charge in [0.2, 0.25) is 17.7 Å². The number of piperidine rings is 1. The summed E-state index contributed by atoms with van der Waals surface area (Å²) in [5.41, 5.74) is 9.38. The maximum absolute atomic E-state index is 14.5. The van der Waals surface area contributed by atoms with E-state index in [1.165, 1.54) is 11.0 Å². The summed E-state index contributed by atoms with van der Waals surface area (Å²) in [4.78, 5) is 73.3. The highest BCUT2D eigenvalue weighted by atomic mass is 127. The van der Waals surface area contributed by atoms with Crippen LogP contribution in [0.3, 0.4) is 0 Å². The number of aryl methyl sites for hydroxylation is 1. The van der Waals surface area contributed by atoms with Crippen molar-refractivity contribution in [3.8, 4) is 29.4 Å². The molecular weight excluding hydrogens is 958 g/mol. The van der Waals surface area contributed by atoms with Crippen molar-refractivity contribution in [1.82, 2.24) is 21.3 Å². The second-order valence-electron chi connectivity index (χ2n) is 15.9. The van der Waals surface area contributed by atoms with Crippen molar-refractivity contribution in [3.63, 3.8) is 0 Å². The summed E-state index contributed by atoms with van der Waals surface area (Å²) < 4.78 is 21.4. The Morgan fingerprint density at radius 1 is 0.712 bits per heavy atom. The number of nitrogens with two attached hydrogens (primary N) is 1. The molecular formula is C49H58FIN8O7. The van der Waals surface area contributed by atoms with Gasteiger partial charge >= 0.3 is 18.1 Å². The first kappa shape index (κ1) is 51.0. The third-order valence-electron chi connectivity index (χ3n) is 10.8. The van der Waals surface area contributed by atoms with E-state index in [1.807, 2.05) is 48.5 Å². The van der Waals surface area contributed by atoms with E-state index in [0.29, 0.717) is 49.6 Å². The van der Waals surface area contributed by atoms with Gasteiger partial charge in [-0.2, -0.15) is 0 Å². The Morgan fingerprint density at radius 2 is 1.32 bits per heavy atom. The molecule has 4 saturated heterocycles. The Morgan fingerprint density at radius 3 is 1.91 bits per heavy atom. The fraction of sp³-hybridized carbons (Fsp3) is 0.429. The van der Waals surface area contributed by atoms with Crippen LogP contribution in [0.5, 0.6) is 5.75 Å².